The van der Waals surface area contributed by atoms with Gasteiger partial charge in [0.25, 0.3) is 0 Å². The van der Waals surface area contributed by atoms with E-state index in [9.17, 15) is 13.4 Å². The standard InChI is InChI=1S/C14H12ClFN2O2S/c15-10-7-9(5-6-11(10)16)21(20)8-14(19)18-13-4-2-1-3-12(13)17/h1-7H,8,17H2,(H,18,19). The summed E-state index contributed by atoms with van der Waals surface area (Å²) in [5.41, 5.74) is 6.57. The van der Waals surface area contributed by atoms with E-state index in [2.05, 4.69) is 5.32 Å². The minimum Gasteiger partial charge on any atom is -0.397 e. The second kappa shape index (κ2) is 6.69. The van der Waals surface area contributed by atoms with Crippen LogP contribution in [0.3, 0.4) is 0 Å². The predicted octanol–water partition coefficient (Wildman–Crippen LogP) is 2.81. The largest absolute Gasteiger partial charge is 0.397 e. The third kappa shape index (κ3) is 4.03. The van der Waals surface area contributed by atoms with Crippen molar-refractivity contribution in [2.45, 2.75) is 4.90 Å². The number of hydrogen-bond donors (Lipinski definition) is 2. The molecule has 0 aliphatic rings. The van der Waals surface area contributed by atoms with Crippen LogP contribution in [0, 0.1) is 5.82 Å². The Labute approximate surface area is 128 Å². The minimum absolute atomic E-state index is 0.131. The van der Waals surface area contributed by atoms with Crippen LogP contribution in [0.1, 0.15) is 0 Å². The molecule has 7 heteroatoms. The van der Waals surface area contributed by atoms with E-state index in [1.165, 1.54) is 12.1 Å². The van der Waals surface area contributed by atoms with Crippen LogP contribution in [-0.4, -0.2) is 15.9 Å². The van der Waals surface area contributed by atoms with E-state index in [4.69, 9.17) is 17.3 Å². The maximum atomic E-state index is 13.0. The van der Waals surface area contributed by atoms with Crippen molar-refractivity contribution >= 4 is 39.7 Å². The average Bonchev–Trinajstić information content (AvgIpc) is 2.44. The third-order valence-corrected chi connectivity index (χ3v) is 4.24. The molecule has 0 aromatic heterocycles. The van der Waals surface area contributed by atoms with Crippen molar-refractivity contribution in [2.75, 3.05) is 16.8 Å². The van der Waals surface area contributed by atoms with E-state index in [-0.39, 0.29) is 15.7 Å². The number of hydrogen-bond acceptors (Lipinski definition) is 3. The first-order valence-corrected chi connectivity index (χ1v) is 7.65. The Morgan fingerprint density at radius 3 is 2.67 bits per heavy atom. The normalized spacial score (nSPS) is 11.9. The smallest absolute Gasteiger partial charge is 0.237 e. The molecule has 21 heavy (non-hydrogen) atoms. The van der Waals surface area contributed by atoms with Crippen molar-refractivity contribution in [1.82, 2.24) is 0 Å². The van der Waals surface area contributed by atoms with Crippen molar-refractivity contribution in [1.29, 1.82) is 0 Å². The highest BCUT2D eigenvalue weighted by Gasteiger charge is 2.13. The van der Waals surface area contributed by atoms with E-state index in [0.29, 0.717) is 11.4 Å². The number of nitrogens with one attached hydrogen (secondary N) is 1. The highest BCUT2D eigenvalue weighted by molar-refractivity contribution is 7.85. The molecule has 1 amide bonds. The minimum atomic E-state index is -1.62. The molecule has 1 atom stereocenters. The summed E-state index contributed by atoms with van der Waals surface area (Å²) in [6.07, 6.45) is 0. The zero-order chi connectivity index (χ0) is 15.4. The van der Waals surface area contributed by atoms with Gasteiger partial charge in [0.2, 0.25) is 5.91 Å². The summed E-state index contributed by atoms with van der Waals surface area (Å²) in [6.45, 7) is 0. The van der Waals surface area contributed by atoms with Crippen LogP contribution in [0.25, 0.3) is 0 Å². The Hall–Kier alpha value is -1.92. The first-order valence-electron chi connectivity index (χ1n) is 5.95. The Kier molecular flexibility index (Phi) is 4.93. The molecular weight excluding hydrogens is 315 g/mol. The molecule has 0 radical (unpaired) electrons. The summed E-state index contributed by atoms with van der Waals surface area (Å²) < 4.78 is 25.1. The molecule has 2 rings (SSSR count). The van der Waals surface area contributed by atoms with E-state index in [0.717, 1.165) is 6.07 Å². The molecule has 0 bridgehead atoms. The maximum absolute atomic E-state index is 13.0. The molecule has 0 spiro atoms. The molecule has 0 aliphatic carbocycles. The fourth-order valence-electron chi connectivity index (χ4n) is 1.62. The predicted molar refractivity (Wildman–Crippen MR) is 82.2 cm³/mol. The van der Waals surface area contributed by atoms with Crippen molar-refractivity contribution in [3.05, 3.63) is 53.3 Å². The molecule has 0 saturated carbocycles. The molecular formula is C14H12ClFN2O2S. The highest BCUT2D eigenvalue weighted by Crippen LogP contribution is 2.19. The Morgan fingerprint density at radius 2 is 2.00 bits per heavy atom. The lowest BCUT2D eigenvalue weighted by Crippen LogP contribution is -2.20. The molecule has 4 nitrogen and oxygen atoms in total. The molecule has 2 aromatic carbocycles. The van der Waals surface area contributed by atoms with Crippen LogP contribution in [0.5, 0.6) is 0 Å². The van der Waals surface area contributed by atoms with Gasteiger partial charge in [0.15, 0.2) is 0 Å². The van der Waals surface area contributed by atoms with Gasteiger partial charge in [-0.25, -0.2) is 4.39 Å². The molecule has 0 aliphatic heterocycles. The number of nitrogens with two attached hydrogens (primary N) is 1. The maximum Gasteiger partial charge on any atom is 0.237 e. The summed E-state index contributed by atoms with van der Waals surface area (Å²) in [5.74, 6) is -1.32. The zero-order valence-electron chi connectivity index (χ0n) is 10.8. The van der Waals surface area contributed by atoms with Gasteiger partial charge in [-0.1, -0.05) is 23.7 Å². The monoisotopic (exact) mass is 326 g/mol. The summed E-state index contributed by atoms with van der Waals surface area (Å²) in [5, 5.41) is 2.44. The summed E-state index contributed by atoms with van der Waals surface area (Å²) in [4.78, 5) is 12.1. The van der Waals surface area contributed by atoms with Crippen molar-refractivity contribution in [3.63, 3.8) is 0 Å². The van der Waals surface area contributed by atoms with Crippen LogP contribution in [0.4, 0.5) is 15.8 Å². The van der Waals surface area contributed by atoms with E-state index >= 15 is 0 Å². The zero-order valence-corrected chi connectivity index (χ0v) is 12.4. The second-order valence-corrected chi connectivity index (χ2v) is 6.06. The number of benzene rings is 2. The number of carbonyl (C=O) groups is 1. The molecule has 3 N–H and O–H groups in total. The van der Waals surface area contributed by atoms with E-state index in [1.807, 2.05) is 0 Å². The second-order valence-electron chi connectivity index (χ2n) is 4.20. The van der Waals surface area contributed by atoms with Gasteiger partial charge in [0, 0.05) is 4.90 Å². The van der Waals surface area contributed by atoms with Crippen LogP contribution in [-0.2, 0) is 15.6 Å². The fourth-order valence-corrected chi connectivity index (χ4v) is 2.81. The van der Waals surface area contributed by atoms with Gasteiger partial charge >= 0.3 is 0 Å². The Balaban J connectivity index is 2.04. The van der Waals surface area contributed by atoms with Gasteiger partial charge in [-0.3, -0.25) is 9.00 Å². The molecule has 0 fully saturated rings. The number of rotatable bonds is 4. The van der Waals surface area contributed by atoms with Crippen molar-refractivity contribution in [3.8, 4) is 0 Å². The number of nitrogen functional groups attached to an aromatic ring is 1. The quantitative estimate of drug-likeness (QED) is 0.849. The van der Waals surface area contributed by atoms with Crippen LogP contribution in [0.2, 0.25) is 5.02 Å². The van der Waals surface area contributed by atoms with Crippen molar-refractivity contribution < 1.29 is 13.4 Å². The lowest BCUT2D eigenvalue weighted by molar-refractivity contribution is -0.113. The summed E-state index contributed by atoms with van der Waals surface area (Å²) in [6, 6.07) is 10.4. The fraction of sp³-hybridized carbons (Fsp3) is 0.0714. The first-order chi connectivity index (χ1) is 9.97. The van der Waals surface area contributed by atoms with Gasteiger partial charge in [-0.2, -0.15) is 0 Å². The molecule has 2 aromatic rings. The lowest BCUT2D eigenvalue weighted by Gasteiger charge is -2.08. The summed E-state index contributed by atoms with van der Waals surface area (Å²) in [7, 11) is -1.62. The SMILES string of the molecule is Nc1ccccc1NC(=O)CS(=O)c1ccc(F)c(Cl)c1. The lowest BCUT2D eigenvalue weighted by atomic mass is 10.3. The average molecular weight is 327 g/mol. The molecule has 0 saturated heterocycles. The van der Waals surface area contributed by atoms with E-state index in [1.54, 1.807) is 24.3 Å². The van der Waals surface area contributed by atoms with Crippen LogP contribution < -0.4 is 11.1 Å². The number of para-hydroxylation sites is 2. The van der Waals surface area contributed by atoms with Gasteiger partial charge in [0.1, 0.15) is 11.6 Å². The first kappa shape index (κ1) is 15.5. The number of amides is 1. The molecule has 1 unspecified atom stereocenters. The highest BCUT2D eigenvalue weighted by atomic mass is 35.5. The van der Waals surface area contributed by atoms with Crippen LogP contribution >= 0.6 is 11.6 Å². The number of carbonyl (C=O) groups excluding carboxylic acids is 1. The molecule has 110 valence electrons. The van der Waals surface area contributed by atoms with E-state index < -0.39 is 22.5 Å². The topological polar surface area (TPSA) is 72.2 Å². The van der Waals surface area contributed by atoms with Crippen LogP contribution in [0.15, 0.2) is 47.4 Å². The van der Waals surface area contributed by atoms with Gasteiger partial charge < -0.3 is 11.1 Å². The third-order valence-electron chi connectivity index (χ3n) is 2.65. The number of anilines is 2. The Morgan fingerprint density at radius 1 is 1.29 bits per heavy atom. The number of halogens is 2. The van der Waals surface area contributed by atoms with Gasteiger partial charge in [0.05, 0.1) is 27.2 Å². The van der Waals surface area contributed by atoms with Gasteiger partial charge in [-0.05, 0) is 30.3 Å². The summed E-state index contributed by atoms with van der Waals surface area (Å²) >= 11 is 5.62. The molecule has 0 heterocycles. The van der Waals surface area contributed by atoms with Gasteiger partial charge in [-0.15, -0.1) is 0 Å². The Bertz CT molecular complexity index is 709. The van der Waals surface area contributed by atoms with Crippen molar-refractivity contribution in [2.24, 2.45) is 0 Å².